The first-order valence-corrected chi connectivity index (χ1v) is 6.12. The second kappa shape index (κ2) is 6.66. The van der Waals surface area contributed by atoms with E-state index in [4.69, 9.17) is 9.47 Å². The molecule has 88 valence electrons. The number of carbonyl (C=O) groups is 1. The zero-order valence-electron chi connectivity index (χ0n) is 9.40. The van der Waals surface area contributed by atoms with E-state index in [0.29, 0.717) is 11.9 Å². The van der Waals surface area contributed by atoms with Gasteiger partial charge in [0.05, 0.1) is 19.0 Å². The molecule has 3 nitrogen and oxygen atoms in total. The molecule has 0 aliphatic heterocycles. The Morgan fingerprint density at radius 2 is 2.00 bits per heavy atom. The Bertz CT molecular complexity index is 335. The van der Waals surface area contributed by atoms with E-state index in [1.807, 2.05) is 24.3 Å². The van der Waals surface area contributed by atoms with Gasteiger partial charge in [0.15, 0.2) is 5.78 Å². The van der Waals surface area contributed by atoms with Crippen LogP contribution in [-0.2, 0) is 16.1 Å². The molecule has 0 saturated carbocycles. The number of ether oxygens (including phenoxy) is 2. The van der Waals surface area contributed by atoms with Crippen LogP contribution >= 0.6 is 15.9 Å². The molecule has 0 N–H and O–H groups in total. The molecular formula is C12H15BrO3. The summed E-state index contributed by atoms with van der Waals surface area (Å²) in [6, 6.07) is 7.58. The van der Waals surface area contributed by atoms with Crippen molar-refractivity contribution in [1.29, 1.82) is 0 Å². The molecule has 1 aromatic rings. The number of Topliss-reactive ketones (excluding diaryl/α,β-unsaturated/α-hetero) is 1. The van der Waals surface area contributed by atoms with Gasteiger partial charge in [0.25, 0.3) is 0 Å². The SMILES string of the molecule is COc1ccc(CO[C@@H](C)C(=O)CBr)cc1. The topological polar surface area (TPSA) is 35.5 Å². The first-order valence-electron chi connectivity index (χ1n) is 5.00. The summed E-state index contributed by atoms with van der Waals surface area (Å²) >= 11 is 3.11. The zero-order valence-corrected chi connectivity index (χ0v) is 11.0. The summed E-state index contributed by atoms with van der Waals surface area (Å²) in [6.45, 7) is 2.19. The average molecular weight is 287 g/mol. The molecule has 0 aliphatic carbocycles. The van der Waals surface area contributed by atoms with Gasteiger partial charge >= 0.3 is 0 Å². The predicted molar refractivity (Wildman–Crippen MR) is 66.0 cm³/mol. The lowest BCUT2D eigenvalue weighted by molar-refractivity contribution is -0.127. The molecule has 0 saturated heterocycles. The number of halogens is 1. The fraction of sp³-hybridized carbons (Fsp3) is 0.417. The first kappa shape index (κ1) is 13.2. The van der Waals surface area contributed by atoms with E-state index in [-0.39, 0.29) is 11.9 Å². The fourth-order valence-electron chi connectivity index (χ4n) is 1.14. The summed E-state index contributed by atoms with van der Waals surface area (Å²) in [7, 11) is 1.63. The van der Waals surface area contributed by atoms with Crippen LogP contribution in [0.1, 0.15) is 12.5 Å². The largest absolute Gasteiger partial charge is 0.497 e. The van der Waals surface area contributed by atoms with Gasteiger partial charge in [0, 0.05) is 0 Å². The van der Waals surface area contributed by atoms with Crippen molar-refractivity contribution in [1.82, 2.24) is 0 Å². The maximum absolute atomic E-state index is 11.2. The Balaban J connectivity index is 2.45. The van der Waals surface area contributed by atoms with Crippen molar-refractivity contribution in [2.45, 2.75) is 19.6 Å². The number of hydrogen-bond acceptors (Lipinski definition) is 3. The van der Waals surface area contributed by atoms with E-state index in [1.165, 1.54) is 0 Å². The van der Waals surface area contributed by atoms with Crippen molar-refractivity contribution in [2.75, 3.05) is 12.4 Å². The number of rotatable bonds is 6. The van der Waals surface area contributed by atoms with Crippen LogP contribution in [0.15, 0.2) is 24.3 Å². The van der Waals surface area contributed by atoms with Gasteiger partial charge in [0.1, 0.15) is 11.9 Å². The van der Waals surface area contributed by atoms with Crippen LogP contribution in [0.3, 0.4) is 0 Å². The maximum Gasteiger partial charge on any atom is 0.171 e. The van der Waals surface area contributed by atoms with Crippen LogP contribution in [0.5, 0.6) is 5.75 Å². The Kier molecular flexibility index (Phi) is 5.49. The highest BCUT2D eigenvalue weighted by molar-refractivity contribution is 9.09. The highest BCUT2D eigenvalue weighted by Gasteiger charge is 2.11. The Morgan fingerprint density at radius 3 is 2.50 bits per heavy atom. The number of carbonyl (C=O) groups excluding carboxylic acids is 1. The van der Waals surface area contributed by atoms with Crippen LogP contribution in [0.2, 0.25) is 0 Å². The number of benzene rings is 1. The lowest BCUT2D eigenvalue weighted by atomic mass is 10.2. The summed E-state index contributed by atoms with van der Waals surface area (Å²) in [5, 5.41) is 0.330. The normalized spacial score (nSPS) is 12.2. The highest BCUT2D eigenvalue weighted by atomic mass is 79.9. The predicted octanol–water partition coefficient (Wildman–Crippen LogP) is 2.56. The zero-order chi connectivity index (χ0) is 12.0. The highest BCUT2D eigenvalue weighted by Crippen LogP contribution is 2.12. The third kappa shape index (κ3) is 3.94. The molecule has 0 aromatic heterocycles. The Labute approximate surface area is 104 Å². The quantitative estimate of drug-likeness (QED) is 0.754. The molecule has 1 aromatic carbocycles. The minimum atomic E-state index is -0.374. The smallest absolute Gasteiger partial charge is 0.171 e. The standard InChI is InChI=1S/C12H15BrO3/c1-9(12(14)7-13)16-8-10-3-5-11(15-2)6-4-10/h3-6,9H,7-8H2,1-2H3/t9-/m0/s1. The average Bonchev–Trinajstić information content (AvgIpc) is 2.35. The monoisotopic (exact) mass is 286 g/mol. The molecule has 0 fully saturated rings. The molecule has 16 heavy (non-hydrogen) atoms. The molecule has 0 heterocycles. The number of hydrogen-bond donors (Lipinski definition) is 0. The Morgan fingerprint density at radius 1 is 1.38 bits per heavy atom. The van der Waals surface area contributed by atoms with Crippen molar-refractivity contribution in [3.63, 3.8) is 0 Å². The van der Waals surface area contributed by atoms with Gasteiger partial charge in [-0.25, -0.2) is 0 Å². The van der Waals surface area contributed by atoms with Crippen molar-refractivity contribution >= 4 is 21.7 Å². The van der Waals surface area contributed by atoms with Crippen molar-refractivity contribution in [3.8, 4) is 5.75 Å². The molecule has 0 unspecified atom stereocenters. The second-order valence-corrected chi connectivity index (χ2v) is 3.96. The van der Waals surface area contributed by atoms with Crippen LogP contribution in [0.25, 0.3) is 0 Å². The summed E-state index contributed by atoms with van der Waals surface area (Å²) in [5.74, 6) is 0.863. The van der Waals surface area contributed by atoms with Gasteiger partial charge in [-0.3, -0.25) is 4.79 Å². The van der Waals surface area contributed by atoms with Crippen LogP contribution < -0.4 is 4.74 Å². The van der Waals surface area contributed by atoms with Crippen LogP contribution in [-0.4, -0.2) is 24.3 Å². The van der Waals surface area contributed by atoms with Crippen LogP contribution in [0, 0.1) is 0 Å². The van der Waals surface area contributed by atoms with Crippen molar-refractivity contribution < 1.29 is 14.3 Å². The lowest BCUT2D eigenvalue weighted by Crippen LogP contribution is -2.21. The van der Waals surface area contributed by atoms with E-state index in [0.717, 1.165) is 11.3 Å². The minimum Gasteiger partial charge on any atom is -0.497 e. The second-order valence-electron chi connectivity index (χ2n) is 3.40. The van der Waals surface area contributed by atoms with E-state index < -0.39 is 0 Å². The third-order valence-corrected chi connectivity index (χ3v) is 2.80. The fourth-order valence-corrected chi connectivity index (χ4v) is 1.60. The maximum atomic E-state index is 11.2. The van der Waals surface area contributed by atoms with E-state index in [9.17, 15) is 4.79 Å². The molecule has 0 amide bonds. The van der Waals surface area contributed by atoms with Gasteiger partial charge < -0.3 is 9.47 Å². The molecule has 1 rings (SSSR count). The van der Waals surface area contributed by atoms with E-state index in [2.05, 4.69) is 15.9 Å². The molecule has 0 spiro atoms. The summed E-state index contributed by atoms with van der Waals surface area (Å²) in [4.78, 5) is 11.2. The summed E-state index contributed by atoms with van der Waals surface area (Å²) < 4.78 is 10.5. The molecule has 0 aliphatic rings. The summed E-state index contributed by atoms with van der Waals surface area (Å²) in [6.07, 6.45) is -0.374. The third-order valence-electron chi connectivity index (χ3n) is 2.24. The number of ketones is 1. The van der Waals surface area contributed by atoms with E-state index >= 15 is 0 Å². The summed E-state index contributed by atoms with van der Waals surface area (Å²) in [5.41, 5.74) is 1.02. The molecular weight excluding hydrogens is 272 g/mol. The first-order chi connectivity index (χ1) is 7.67. The van der Waals surface area contributed by atoms with Gasteiger partial charge in [-0.2, -0.15) is 0 Å². The number of alkyl halides is 1. The molecule has 4 heteroatoms. The van der Waals surface area contributed by atoms with Crippen molar-refractivity contribution in [3.05, 3.63) is 29.8 Å². The van der Waals surface area contributed by atoms with Gasteiger partial charge in [-0.15, -0.1) is 0 Å². The van der Waals surface area contributed by atoms with Gasteiger partial charge in [0.2, 0.25) is 0 Å². The molecule has 0 radical (unpaired) electrons. The van der Waals surface area contributed by atoms with Gasteiger partial charge in [-0.05, 0) is 24.6 Å². The Hall–Kier alpha value is -0.870. The molecule has 0 bridgehead atoms. The van der Waals surface area contributed by atoms with Crippen molar-refractivity contribution in [2.24, 2.45) is 0 Å². The van der Waals surface area contributed by atoms with Gasteiger partial charge in [-0.1, -0.05) is 28.1 Å². The molecule has 1 atom stereocenters. The minimum absolute atomic E-state index is 0.0495. The number of methoxy groups -OCH3 is 1. The lowest BCUT2D eigenvalue weighted by Gasteiger charge is -2.10. The van der Waals surface area contributed by atoms with Crippen LogP contribution in [0.4, 0.5) is 0 Å². The van der Waals surface area contributed by atoms with E-state index in [1.54, 1.807) is 14.0 Å².